The molecule has 0 aromatic heterocycles. The first-order valence-corrected chi connectivity index (χ1v) is 16.6. The van der Waals surface area contributed by atoms with Gasteiger partial charge in [-0.05, 0) is 70.4 Å². The molecule has 2 heterocycles. The molecule has 252 valence electrons. The summed E-state index contributed by atoms with van der Waals surface area (Å²) >= 11 is 0. The summed E-state index contributed by atoms with van der Waals surface area (Å²) in [4.78, 5) is 48.3. The largest absolute Gasteiger partial charge is 0.444 e. The Morgan fingerprint density at radius 2 is 1.78 bits per heavy atom. The average Bonchev–Trinajstić information content (AvgIpc) is 3.42. The maximum atomic E-state index is 14.8. The van der Waals surface area contributed by atoms with Crippen LogP contribution in [0, 0.1) is 0 Å². The van der Waals surface area contributed by atoms with Gasteiger partial charge in [-0.15, -0.1) is 0 Å². The molecule has 1 unspecified atom stereocenters. The monoisotopic (exact) mass is 630 g/mol. The fraction of sp³-hybridized carbons (Fsp3) is 0.697. The molecule has 0 bridgehead atoms. The van der Waals surface area contributed by atoms with Gasteiger partial charge in [-0.25, -0.2) is 9.69 Å². The minimum Gasteiger partial charge on any atom is -0.444 e. The van der Waals surface area contributed by atoms with Crippen molar-refractivity contribution in [2.75, 3.05) is 26.3 Å². The van der Waals surface area contributed by atoms with Gasteiger partial charge in [0.1, 0.15) is 12.6 Å². The summed E-state index contributed by atoms with van der Waals surface area (Å²) in [5.74, 6) is -0.749. The molecule has 2 fully saturated rings. The third kappa shape index (κ3) is 10.7. The maximum Gasteiger partial charge on any atom is 0.417 e. The van der Waals surface area contributed by atoms with Crippen LogP contribution in [0.5, 0.6) is 0 Å². The van der Waals surface area contributed by atoms with Gasteiger partial charge in [0, 0.05) is 26.2 Å². The van der Waals surface area contributed by atoms with Crippen LogP contribution in [0.1, 0.15) is 97.0 Å². The maximum absolute atomic E-state index is 14.8. The van der Waals surface area contributed by atoms with Gasteiger partial charge in [0.05, 0.1) is 11.7 Å². The van der Waals surface area contributed by atoms with E-state index in [9.17, 15) is 14.4 Å². The lowest BCUT2D eigenvalue weighted by atomic mass is 9.93. The lowest BCUT2D eigenvalue weighted by molar-refractivity contribution is -0.202. The van der Waals surface area contributed by atoms with Gasteiger partial charge in [-0.3, -0.25) is 19.9 Å². The zero-order chi connectivity index (χ0) is 32.7. The van der Waals surface area contributed by atoms with Gasteiger partial charge in [-0.2, -0.15) is 0 Å². The van der Waals surface area contributed by atoms with Crippen LogP contribution in [-0.2, 0) is 30.4 Å². The Labute approximate surface area is 268 Å². The van der Waals surface area contributed by atoms with Crippen LogP contribution in [0.2, 0.25) is 0 Å². The molecule has 1 aromatic rings. The van der Waals surface area contributed by atoms with Crippen LogP contribution < -0.4 is 16.8 Å². The predicted octanol–water partition coefficient (Wildman–Crippen LogP) is 4.01. The van der Waals surface area contributed by atoms with E-state index in [1.807, 2.05) is 42.2 Å². The number of carbonyl (C=O) groups is 3. The van der Waals surface area contributed by atoms with E-state index < -0.39 is 36.0 Å². The number of nitrogens with zero attached hydrogens (tertiary/aromatic N) is 3. The molecule has 3 rings (SSSR count). The molecular formula is C33H54N6O6. The van der Waals surface area contributed by atoms with E-state index >= 15 is 0 Å². The number of piperidine rings is 1. The number of nitrogens with one attached hydrogen (secondary N) is 1. The van der Waals surface area contributed by atoms with Gasteiger partial charge in [0.25, 0.3) is 0 Å². The van der Waals surface area contributed by atoms with Gasteiger partial charge < -0.3 is 30.6 Å². The fourth-order valence-corrected chi connectivity index (χ4v) is 5.97. The number of ether oxygens (including phenoxy) is 3. The number of likely N-dealkylation sites (tertiary alicyclic amines) is 1. The number of amides is 3. The molecule has 45 heavy (non-hydrogen) atoms. The number of hydrogen-bond acceptors (Lipinski definition) is 8. The average molecular weight is 631 g/mol. The number of aliphatic imine (C=N–C) groups is 1. The molecule has 0 aliphatic carbocycles. The lowest BCUT2D eigenvalue weighted by Crippen LogP contribution is -2.69. The number of rotatable bonds is 18. The number of unbranched alkanes of at least 4 members (excludes halogenated alkanes) is 2. The molecule has 3 amide bonds. The quantitative estimate of drug-likeness (QED) is 0.0942. The van der Waals surface area contributed by atoms with Crippen LogP contribution in [0.4, 0.5) is 4.79 Å². The Morgan fingerprint density at radius 1 is 1.09 bits per heavy atom. The van der Waals surface area contributed by atoms with Crippen molar-refractivity contribution in [3.8, 4) is 0 Å². The van der Waals surface area contributed by atoms with E-state index in [-0.39, 0.29) is 31.3 Å². The third-order valence-electron chi connectivity index (χ3n) is 8.42. The first-order chi connectivity index (χ1) is 21.7. The fourth-order valence-electron chi connectivity index (χ4n) is 5.97. The Hall–Kier alpha value is -3.22. The van der Waals surface area contributed by atoms with Gasteiger partial charge in [0.15, 0.2) is 12.2 Å². The first-order valence-electron chi connectivity index (χ1n) is 16.6. The summed E-state index contributed by atoms with van der Waals surface area (Å²) < 4.78 is 18.3. The topological polar surface area (TPSA) is 162 Å². The highest BCUT2D eigenvalue weighted by atomic mass is 16.7. The van der Waals surface area contributed by atoms with Crippen molar-refractivity contribution in [3.05, 3.63) is 35.9 Å². The summed E-state index contributed by atoms with van der Waals surface area (Å²) in [5.41, 5.74) is 11.2. The molecule has 2 aliphatic heterocycles. The van der Waals surface area contributed by atoms with E-state index in [4.69, 9.17) is 25.7 Å². The van der Waals surface area contributed by atoms with E-state index in [2.05, 4.69) is 24.2 Å². The smallest absolute Gasteiger partial charge is 0.417 e. The molecule has 5 N–H and O–H groups in total. The normalized spacial score (nSPS) is 20.7. The SMILES string of the molecule is CCCCOC(OCCCC)[C@H](CCCN=C(N)N)N(C(=O)[C@@H]1CCC(=O)N1C(=O)OCc1ccccc1)C1(C)CCCCN1. The molecule has 12 heteroatoms. The van der Waals surface area contributed by atoms with Crippen molar-refractivity contribution < 1.29 is 28.6 Å². The van der Waals surface area contributed by atoms with Crippen molar-refractivity contribution in [2.45, 2.75) is 122 Å². The summed E-state index contributed by atoms with van der Waals surface area (Å²) in [6, 6.07) is 7.70. The Bertz CT molecular complexity index is 1080. The molecular weight excluding hydrogens is 576 g/mol. The number of guanidine groups is 1. The second-order valence-electron chi connectivity index (χ2n) is 12.1. The Morgan fingerprint density at radius 3 is 2.38 bits per heavy atom. The molecule has 0 radical (unpaired) electrons. The highest BCUT2D eigenvalue weighted by molar-refractivity contribution is 6.00. The van der Waals surface area contributed by atoms with Crippen molar-refractivity contribution in [1.29, 1.82) is 0 Å². The minimum atomic E-state index is -1.01. The van der Waals surface area contributed by atoms with E-state index in [1.54, 1.807) is 0 Å². The second-order valence-corrected chi connectivity index (χ2v) is 12.1. The number of hydrogen-bond donors (Lipinski definition) is 3. The zero-order valence-corrected chi connectivity index (χ0v) is 27.4. The van der Waals surface area contributed by atoms with Crippen molar-refractivity contribution in [3.63, 3.8) is 0 Å². The number of benzene rings is 1. The van der Waals surface area contributed by atoms with E-state index in [1.165, 1.54) is 0 Å². The molecule has 2 saturated heterocycles. The molecule has 1 aromatic carbocycles. The Kier molecular flexibility index (Phi) is 15.0. The number of imide groups is 1. The standard InChI is InChI=1S/C33H54N6O6/c1-4-6-22-43-30(44-23-7-5-2)27(16-13-20-36-31(34)35)39(33(3)19-11-12-21-37-33)29(41)26-17-18-28(40)38(26)32(42)45-24-25-14-9-8-10-15-25/h8-10,14-15,26-27,30,37H,4-7,11-13,16-24H2,1-3H3,(H4,34,35,36)/t26-,27-,33?/m0/s1. The zero-order valence-electron chi connectivity index (χ0n) is 27.4. The molecule has 2 aliphatic rings. The molecule has 12 nitrogen and oxygen atoms in total. The first kappa shape index (κ1) is 36.3. The number of carbonyl (C=O) groups excluding carboxylic acids is 3. The van der Waals surface area contributed by atoms with E-state index in [0.29, 0.717) is 39.0 Å². The highest BCUT2D eigenvalue weighted by Crippen LogP contribution is 2.33. The van der Waals surface area contributed by atoms with Gasteiger partial charge in [0.2, 0.25) is 11.8 Å². The summed E-state index contributed by atoms with van der Waals surface area (Å²) in [5, 5.41) is 3.59. The van der Waals surface area contributed by atoms with Crippen LogP contribution >= 0.6 is 0 Å². The van der Waals surface area contributed by atoms with Crippen molar-refractivity contribution in [2.24, 2.45) is 16.5 Å². The van der Waals surface area contributed by atoms with Crippen LogP contribution in [0.25, 0.3) is 0 Å². The summed E-state index contributed by atoms with van der Waals surface area (Å²) in [7, 11) is 0. The summed E-state index contributed by atoms with van der Waals surface area (Å²) in [6.07, 6.45) is 5.98. The van der Waals surface area contributed by atoms with Crippen LogP contribution in [0.3, 0.4) is 0 Å². The minimum absolute atomic E-state index is 0.000618. The van der Waals surface area contributed by atoms with Gasteiger partial charge >= 0.3 is 6.09 Å². The molecule has 0 saturated carbocycles. The predicted molar refractivity (Wildman–Crippen MR) is 173 cm³/mol. The molecule has 0 spiro atoms. The van der Waals surface area contributed by atoms with Crippen molar-refractivity contribution in [1.82, 2.24) is 15.1 Å². The van der Waals surface area contributed by atoms with Crippen LogP contribution in [-0.4, -0.2) is 84.0 Å². The highest BCUT2D eigenvalue weighted by Gasteiger charge is 2.50. The van der Waals surface area contributed by atoms with E-state index in [0.717, 1.165) is 55.5 Å². The van der Waals surface area contributed by atoms with Gasteiger partial charge in [-0.1, -0.05) is 57.0 Å². The number of nitrogens with two attached hydrogens (primary N) is 2. The Balaban J connectivity index is 1.97. The second kappa shape index (κ2) is 18.7. The van der Waals surface area contributed by atoms with Crippen LogP contribution in [0.15, 0.2) is 35.3 Å². The third-order valence-corrected chi connectivity index (χ3v) is 8.42. The van der Waals surface area contributed by atoms with Crippen molar-refractivity contribution >= 4 is 23.9 Å². The lowest BCUT2D eigenvalue weighted by Gasteiger charge is -2.51. The summed E-state index contributed by atoms with van der Waals surface area (Å²) in [6.45, 7) is 8.25. The molecule has 3 atom stereocenters.